The maximum absolute atomic E-state index is 9.42. The second kappa shape index (κ2) is 5.02. The molecule has 2 heterocycles. The third-order valence-electron chi connectivity index (χ3n) is 2.52. The van der Waals surface area contributed by atoms with Crippen LogP contribution in [0.25, 0.3) is 4.96 Å². The summed E-state index contributed by atoms with van der Waals surface area (Å²) >= 11 is 13.3. The number of thiazole rings is 1. The molecule has 0 saturated carbocycles. The molecule has 98 valence electrons. The molecular formula is C12H8Cl2N2O2S. The van der Waals surface area contributed by atoms with Crippen molar-refractivity contribution in [1.29, 1.82) is 0 Å². The molecule has 7 heteroatoms. The molecule has 0 saturated heterocycles. The number of halogens is 2. The lowest BCUT2D eigenvalue weighted by molar-refractivity contribution is 0.270. The first-order valence-corrected chi connectivity index (χ1v) is 7.00. The zero-order valence-electron chi connectivity index (χ0n) is 9.51. The van der Waals surface area contributed by atoms with E-state index in [-0.39, 0.29) is 6.61 Å². The van der Waals surface area contributed by atoms with Crippen LogP contribution in [0.4, 0.5) is 0 Å². The molecule has 3 aromatic rings. The van der Waals surface area contributed by atoms with Crippen LogP contribution in [0.5, 0.6) is 11.6 Å². The second-order valence-electron chi connectivity index (χ2n) is 3.78. The number of benzene rings is 1. The van der Waals surface area contributed by atoms with Gasteiger partial charge in [-0.25, -0.2) is 0 Å². The fraction of sp³-hybridized carbons (Fsp3) is 0.0833. The van der Waals surface area contributed by atoms with Gasteiger partial charge in [-0.15, -0.1) is 11.3 Å². The van der Waals surface area contributed by atoms with Gasteiger partial charge in [0.1, 0.15) is 11.4 Å². The van der Waals surface area contributed by atoms with Crippen LogP contribution in [-0.2, 0) is 6.61 Å². The van der Waals surface area contributed by atoms with Gasteiger partial charge in [0.25, 0.3) is 0 Å². The number of ether oxygens (including phenoxy) is 1. The zero-order chi connectivity index (χ0) is 13.4. The molecule has 19 heavy (non-hydrogen) atoms. The Morgan fingerprint density at radius 3 is 2.68 bits per heavy atom. The molecule has 0 aliphatic heterocycles. The molecular weight excluding hydrogens is 307 g/mol. The summed E-state index contributed by atoms with van der Waals surface area (Å²) in [6.07, 6.45) is 1.83. The number of nitrogens with zero attached hydrogens (tertiary/aromatic N) is 2. The molecule has 0 aliphatic carbocycles. The predicted octanol–water partition coefficient (Wildman–Crippen LogP) is 3.99. The third kappa shape index (κ3) is 2.42. The van der Waals surface area contributed by atoms with Crippen molar-refractivity contribution in [2.45, 2.75) is 6.61 Å². The number of aromatic nitrogens is 2. The Balaban J connectivity index is 2.02. The third-order valence-corrected chi connectivity index (χ3v) is 3.72. The van der Waals surface area contributed by atoms with Crippen LogP contribution in [0.15, 0.2) is 29.8 Å². The van der Waals surface area contributed by atoms with E-state index in [1.54, 1.807) is 22.6 Å². The first-order chi connectivity index (χ1) is 9.17. The fourth-order valence-corrected chi connectivity index (χ4v) is 2.97. The maximum atomic E-state index is 9.42. The zero-order valence-corrected chi connectivity index (χ0v) is 11.8. The summed E-state index contributed by atoms with van der Waals surface area (Å²) in [5, 5.41) is 12.3. The topological polar surface area (TPSA) is 46.8 Å². The molecule has 0 atom stereocenters. The van der Waals surface area contributed by atoms with Gasteiger partial charge >= 0.3 is 0 Å². The van der Waals surface area contributed by atoms with E-state index in [0.29, 0.717) is 27.4 Å². The van der Waals surface area contributed by atoms with Crippen LogP contribution < -0.4 is 4.74 Å². The fourth-order valence-electron chi connectivity index (χ4n) is 1.74. The number of rotatable bonds is 3. The van der Waals surface area contributed by atoms with E-state index in [1.807, 2.05) is 11.6 Å². The summed E-state index contributed by atoms with van der Waals surface area (Å²) in [5.74, 6) is 0.839. The Hall–Kier alpha value is -1.27. The molecule has 0 fully saturated rings. The van der Waals surface area contributed by atoms with Crippen molar-refractivity contribution in [2.75, 3.05) is 0 Å². The smallest absolute Gasteiger partial charge is 0.244 e. The monoisotopic (exact) mass is 314 g/mol. The highest BCUT2D eigenvalue weighted by Crippen LogP contribution is 2.31. The standard InChI is InChI=1S/C12H8Cl2N2O2S/c13-7-3-8(14)5-9(4-7)18-11-10(6-17)16-1-2-19-12(16)15-11/h1-5,17H,6H2. The first-order valence-electron chi connectivity index (χ1n) is 5.36. The highest BCUT2D eigenvalue weighted by molar-refractivity contribution is 7.15. The molecule has 2 aromatic heterocycles. The minimum absolute atomic E-state index is 0.165. The van der Waals surface area contributed by atoms with E-state index >= 15 is 0 Å². The molecule has 0 aliphatic rings. The number of hydrogen-bond donors (Lipinski definition) is 1. The lowest BCUT2D eigenvalue weighted by atomic mass is 10.3. The van der Waals surface area contributed by atoms with Crippen LogP contribution in [0.2, 0.25) is 10.0 Å². The number of aliphatic hydroxyl groups is 1. The Bertz CT molecular complexity index is 718. The summed E-state index contributed by atoms with van der Waals surface area (Å²) in [7, 11) is 0. The molecule has 0 amide bonds. The van der Waals surface area contributed by atoms with Crippen molar-refractivity contribution in [1.82, 2.24) is 9.38 Å². The quantitative estimate of drug-likeness (QED) is 0.795. The first kappa shape index (κ1) is 12.7. The Kier molecular flexibility index (Phi) is 3.36. The van der Waals surface area contributed by atoms with Crippen LogP contribution in [0.1, 0.15) is 5.69 Å². The van der Waals surface area contributed by atoms with Crippen molar-refractivity contribution >= 4 is 39.5 Å². The molecule has 4 nitrogen and oxygen atoms in total. The van der Waals surface area contributed by atoms with Gasteiger partial charge in [-0.3, -0.25) is 4.40 Å². The van der Waals surface area contributed by atoms with Crippen molar-refractivity contribution in [3.05, 3.63) is 45.5 Å². The van der Waals surface area contributed by atoms with Gasteiger partial charge < -0.3 is 9.84 Å². The van der Waals surface area contributed by atoms with Crippen molar-refractivity contribution in [3.8, 4) is 11.6 Å². The van der Waals surface area contributed by atoms with Gasteiger partial charge in [0, 0.05) is 21.6 Å². The van der Waals surface area contributed by atoms with E-state index < -0.39 is 0 Å². The van der Waals surface area contributed by atoms with Crippen LogP contribution in [-0.4, -0.2) is 14.5 Å². The van der Waals surface area contributed by atoms with E-state index in [1.165, 1.54) is 11.3 Å². The number of hydrogen-bond acceptors (Lipinski definition) is 4. The summed E-state index contributed by atoms with van der Waals surface area (Å²) in [6.45, 7) is -0.165. The molecule has 0 spiro atoms. The van der Waals surface area contributed by atoms with Gasteiger partial charge in [0.15, 0.2) is 4.96 Å². The Morgan fingerprint density at radius 2 is 2.00 bits per heavy atom. The average molecular weight is 315 g/mol. The molecule has 3 rings (SSSR count). The summed E-state index contributed by atoms with van der Waals surface area (Å²) in [5.41, 5.74) is 0.590. The molecule has 0 bridgehead atoms. The number of imidazole rings is 1. The Morgan fingerprint density at radius 1 is 1.26 bits per heavy atom. The van der Waals surface area contributed by atoms with Crippen molar-refractivity contribution < 1.29 is 9.84 Å². The molecule has 1 aromatic carbocycles. The van der Waals surface area contributed by atoms with Gasteiger partial charge in [-0.1, -0.05) is 23.2 Å². The minimum Gasteiger partial charge on any atom is -0.437 e. The van der Waals surface area contributed by atoms with E-state index in [2.05, 4.69) is 4.98 Å². The largest absolute Gasteiger partial charge is 0.437 e. The van der Waals surface area contributed by atoms with Crippen LogP contribution in [0.3, 0.4) is 0 Å². The van der Waals surface area contributed by atoms with E-state index in [0.717, 1.165) is 4.96 Å². The average Bonchev–Trinajstić information content (AvgIpc) is 2.87. The van der Waals surface area contributed by atoms with Crippen molar-refractivity contribution in [2.24, 2.45) is 0 Å². The SMILES string of the molecule is OCc1c(Oc2cc(Cl)cc(Cl)c2)nc2sccn12. The summed E-state index contributed by atoms with van der Waals surface area (Å²) in [4.78, 5) is 5.07. The maximum Gasteiger partial charge on any atom is 0.244 e. The van der Waals surface area contributed by atoms with Gasteiger partial charge in [0.05, 0.1) is 6.61 Å². The normalized spacial score (nSPS) is 11.1. The molecule has 0 unspecified atom stereocenters. The lowest BCUT2D eigenvalue weighted by Gasteiger charge is -2.05. The number of aliphatic hydroxyl groups excluding tert-OH is 1. The molecule has 0 radical (unpaired) electrons. The lowest BCUT2D eigenvalue weighted by Crippen LogP contribution is -1.93. The highest BCUT2D eigenvalue weighted by atomic mass is 35.5. The van der Waals surface area contributed by atoms with Crippen LogP contribution >= 0.6 is 34.5 Å². The summed E-state index contributed by atoms with van der Waals surface area (Å²) in [6, 6.07) is 4.90. The summed E-state index contributed by atoms with van der Waals surface area (Å²) < 4.78 is 7.44. The number of fused-ring (bicyclic) bond motifs is 1. The Labute approximate surface area is 122 Å². The van der Waals surface area contributed by atoms with Gasteiger partial charge in [-0.2, -0.15) is 4.98 Å². The van der Waals surface area contributed by atoms with E-state index in [9.17, 15) is 5.11 Å². The molecule has 1 N–H and O–H groups in total. The minimum atomic E-state index is -0.165. The highest BCUT2D eigenvalue weighted by Gasteiger charge is 2.14. The van der Waals surface area contributed by atoms with Gasteiger partial charge in [-0.05, 0) is 18.2 Å². The van der Waals surface area contributed by atoms with Gasteiger partial charge in [0.2, 0.25) is 5.88 Å². The predicted molar refractivity (Wildman–Crippen MR) is 75.5 cm³/mol. The van der Waals surface area contributed by atoms with Crippen LogP contribution in [0, 0.1) is 0 Å². The second-order valence-corrected chi connectivity index (χ2v) is 5.53. The van der Waals surface area contributed by atoms with Crippen molar-refractivity contribution in [3.63, 3.8) is 0 Å². The van der Waals surface area contributed by atoms with E-state index in [4.69, 9.17) is 27.9 Å².